The van der Waals surface area contributed by atoms with Crippen molar-refractivity contribution in [1.29, 1.82) is 0 Å². The first-order chi connectivity index (χ1) is 15.1. The molecule has 3 aromatic rings. The zero-order valence-electron chi connectivity index (χ0n) is 19.3. The number of carbonyl (C=O) groups is 1. The van der Waals surface area contributed by atoms with Crippen LogP contribution in [0.5, 0.6) is 0 Å². The van der Waals surface area contributed by atoms with E-state index in [1.807, 2.05) is 45.4 Å². The summed E-state index contributed by atoms with van der Waals surface area (Å²) in [5, 5.41) is 3.13. The summed E-state index contributed by atoms with van der Waals surface area (Å²) in [6.45, 7) is 8.76. The van der Waals surface area contributed by atoms with E-state index in [9.17, 15) is 9.18 Å². The maximum atomic E-state index is 14.4. The zero-order chi connectivity index (χ0) is 23.0. The molecule has 4 rings (SSSR count). The van der Waals surface area contributed by atoms with Crippen molar-refractivity contribution < 1.29 is 13.9 Å². The van der Waals surface area contributed by atoms with Crippen LogP contribution in [0.3, 0.4) is 0 Å². The van der Waals surface area contributed by atoms with Crippen molar-refractivity contribution in [3.05, 3.63) is 47.7 Å². The number of ether oxygens (including phenoxy) is 1. The normalized spacial score (nSPS) is 15.2. The summed E-state index contributed by atoms with van der Waals surface area (Å²) in [7, 11) is 1.95. The second-order valence-corrected chi connectivity index (χ2v) is 9.46. The number of aryl methyl sites for hydroxylation is 2. The highest BCUT2D eigenvalue weighted by Gasteiger charge is 2.29. The van der Waals surface area contributed by atoms with E-state index in [-0.39, 0.29) is 17.8 Å². The van der Waals surface area contributed by atoms with Gasteiger partial charge in [-0.1, -0.05) is 6.07 Å². The van der Waals surface area contributed by atoms with Gasteiger partial charge < -0.3 is 19.5 Å². The Bertz CT molecular complexity index is 1140. The van der Waals surface area contributed by atoms with Crippen molar-refractivity contribution in [2.24, 2.45) is 7.05 Å². The maximum Gasteiger partial charge on any atom is 0.410 e. The van der Waals surface area contributed by atoms with Crippen LogP contribution in [0, 0.1) is 12.7 Å². The number of fused-ring (bicyclic) bond motifs is 1. The van der Waals surface area contributed by atoms with Crippen LogP contribution in [0.2, 0.25) is 0 Å². The van der Waals surface area contributed by atoms with Crippen LogP contribution >= 0.6 is 0 Å². The monoisotopic (exact) mass is 439 g/mol. The van der Waals surface area contributed by atoms with Gasteiger partial charge in [0.05, 0.1) is 11.2 Å². The minimum atomic E-state index is -0.499. The number of hydrogen-bond donors (Lipinski definition) is 1. The van der Waals surface area contributed by atoms with Crippen molar-refractivity contribution in [2.75, 3.05) is 18.4 Å². The summed E-state index contributed by atoms with van der Waals surface area (Å²) < 4.78 is 21.9. The number of anilines is 2. The number of nitrogens with zero attached hydrogens (tertiary/aromatic N) is 4. The Labute approximate surface area is 187 Å². The van der Waals surface area contributed by atoms with E-state index >= 15 is 0 Å². The van der Waals surface area contributed by atoms with E-state index in [2.05, 4.69) is 21.5 Å². The highest BCUT2D eigenvalue weighted by molar-refractivity contribution is 5.91. The van der Waals surface area contributed by atoms with Crippen molar-refractivity contribution in [1.82, 2.24) is 19.4 Å². The Kier molecular flexibility index (Phi) is 5.79. The van der Waals surface area contributed by atoms with E-state index in [0.717, 1.165) is 35.0 Å². The molecular formula is C24H30FN5O2. The van der Waals surface area contributed by atoms with Crippen LogP contribution in [-0.2, 0) is 11.8 Å². The Morgan fingerprint density at radius 1 is 1.22 bits per heavy atom. The van der Waals surface area contributed by atoms with Gasteiger partial charge in [0.25, 0.3) is 0 Å². The van der Waals surface area contributed by atoms with Gasteiger partial charge in [0.15, 0.2) is 5.82 Å². The molecule has 8 heteroatoms. The largest absolute Gasteiger partial charge is 0.444 e. The van der Waals surface area contributed by atoms with Crippen molar-refractivity contribution in [3.8, 4) is 0 Å². The highest BCUT2D eigenvalue weighted by Crippen LogP contribution is 2.36. The van der Waals surface area contributed by atoms with Crippen LogP contribution in [0.25, 0.3) is 11.0 Å². The summed E-state index contributed by atoms with van der Waals surface area (Å²) in [5.74, 6) is 0.523. The van der Waals surface area contributed by atoms with Gasteiger partial charge in [-0.25, -0.2) is 19.2 Å². The molecule has 1 N–H and O–H groups in total. The van der Waals surface area contributed by atoms with Gasteiger partial charge in [0.1, 0.15) is 23.3 Å². The van der Waals surface area contributed by atoms with Crippen molar-refractivity contribution in [3.63, 3.8) is 0 Å². The summed E-state index contributed by atoms with van der Waals surface area (Å²) in [6, 6.07) is 5.07. The molecule has 0 atom stereocenters. The molecule has 0 bridgehead atoms. The quantitative estimate of drug-likeness (QED) is 0.602. The summed E-state index contributed by atoms with van der Waals surface area (Å²) in [6.07, 6.45) is 4.98. The number of halogens is 1. The van der Waals surface area contributed by atoms with Crippen LogP contribution in [0.4, 0.5) is 20.7 Å². The second kappa shape index (κ2) is 8.41. The molecule has 3 heterocycles. The summed E-state index contributed by atoms with van der Waals surface area (Å²) >= 11 is 0. The molecule has 0 spiro atoms. The molecule has 170 valence electrons. The number of amides is 1. The topological polar surface area (TPSA) is 72.3 Å². The first kappa shape index (κ1) is 22.0. The van der Waals surface area contributed by atoms with Crippen LogP contribution < -0.4 is 5.32 Å². The van der Waals surface area contributed by atoms with Crippen LogP contribution in [0.15, 0.2) is 30.7 Å². The lowest BCUT2D eigenvalue weighted by molar-refractivity contribution is 0.0205. The lowest BCUT2D eigenvalue weighted by atomic mass is 9.90. The van der Waals surface area contributed by atoms with Gasteiger partial charge in [-0.3, -0.25) is 0 Å². The molecule has 32 heavy (non-hydrogen) atoms. The number of aromatic nitrogens is 3. The van der Waals surface area contributed by atoms with E-state index < -0.39 is 5.60 Å². The van der Waals surface area contributed by atoms with E-state index in [4.69, 9.17) is 4.74 Å². The Balaban J connectivity index is 1.55. The predicted molar refractivity (Wildman–Crippen MR) is 123 cm³/mol. The molecule has 1 aliphatic heterocycles. The Morgan fingerprint density at radius 3 is 2.59 bits per heavy atom. The van der Waals surface area contributed by atoms with Gasteiger partial charge >= 0.3 is 6.09 Å². The van der Waals surface area contributed by atoms with Gasteiger partial charge in [-0.05, 0) is 69.7 Å². The highest BCUT2D eigenvalue weighted by atomic mass is 19.1. The molecule has 0 aliphatic carbocycles. The Hall–Kier alpha value is -3.16. The third-order valence-electron chi connectivity index (χ3n) is 5.75. The second-order valence-electron chi connectivity index (χ2n) is 9.46. The molecule has 7 nitrogen and oxygen atoms in total. The van der Waals surface area contributed by atoms with E-state index in [0.29, 0.717) is 24.6 Å². The average molecular weight is 440 g/mol. The maximum absolute atomic E-state index is 14.4. The first-order valence-electron chi connectivity index (χ1n) is 10.9. The summed E-state index contributed by atoms with van der Waals surface area (Å²) in [4.78, 5) is 23.1. The van der Waals surface area contributed by atoms with Crippen molar-refractivity contribution in [2.45, 2.75) is 52.1 Å². The molecule has 1 amide bonds. The smallest absolute Gasteiger partial charge is 0.410 e. The molecule has 1 aromatic carbocycles. The third kappa shape index (κ3) is 4.54. The number of nitrogens with one attached hydrogen (secondary N) is 1. The first-order valence-corrected chi connectivity index (χ1v) is 10.9. The fourth-order valence-electron chi connectivity index (χ4n) is 4.20. The molecule has 0 radical (unpaired) electrons. The third-order valence-corrected chi connectivity index (χ3v) is 5.75. The molecule has 0 saturated carbocycles. The molecule has 1 aliphatic rings. The minimum absolute atomic E-state index is 0.261. The number of benzene rings is 1. The summed E-state index contributed by atoms with van der Waals surface area (Å²) in [5.41, 5.74) is 3.55. The molecular weight excluding hydrogens is 409 g/mol. The fourth-order valence-corrected chi connectivity index (χ4v) is 4.20. The predicted octanol–water partition coefficient (Wildman–Crippen LogP) is 5.27. The molecule has 1 saturated heterocycles. The van der Waals surface area contributed by atoms with Gasteiger partial charge in [0, 0.05) is 26.3 Å². The molecule has 0 unspecified atom stereocenters. The van der Waals surface area contributed by atoms with Crippen LogP contribution in [0.1, 0.15) is 50.7 Å². The minimum Gasteiger partial charge on any atom is -0.444 e. The number of rotatable bonds is 3. The van der Waals surface area contributed by atoms with Crippen LogP contribution in [-0.4, -0.2) is 44.2 Å². The van der Waals surface area contributed by atoms with Gasteiger partial charge in [-0.2, -0.15) is 0 Å². The van der Waals surface area contributed by atoms with E-state index in [1.165, 1.54) is 12.4 Å². The van der Waals surface area contributed by atoms with E-state index in [1.54, 1.807) is 11.0 Å². The van der Waals surface area contributed by atoms with Crippen molar-refractivity contribution >= 4 is 28.6 Å². The molecule has 1 fully saturated rings. The number of carbonyl (C=O) groups excluding carboxylic acids is 1. The molecule has 2 aromatic heterocycles. The SMILES string of the molecule is Cc1ccc(Nc2ncnc3c(C4CCN(C(=O)OC(C)(C)C)CC4)cn(C)c23)c(F)c1. The number of hydrogen-bond acceptors (Lipinski definition) is 5. The number of likely N-dealkylation sites (tertiary alicyclic amines) is 1. The fraction of sp³-hybridized carbons (Fsp3) is 0.458. The number of piperidine rings is 1. The Morgan fingerprint density at radius 2 is 1.94 bits per heavy atom. The lowest BCUT2D eigenvalue weighted by Crippen LogP contribution is -2.41. The van der Waals surface area contributed by atoms with Gasteiger partial charge in [0.2, 0.25) is 0 Å². The standard InChI is InChI=1S/C24H30FN5O2/c1-15-6-7-19(18(25)12-15)28-22-21-20(26-14-27-22)17(13-29(21)5)16-8-10-30(11-9-16)23(31)32-24(2,3)4/h6-7,12-14,16H,8-11H2,1-5H3,(H,26,27,28). The van der Waals surface area contributed by atoms with Gasteiger partial charge in [-0.15, -0.1) is 0 Å². The zero-order valence-corrected chi connectivity index (χ0v) is 19.3. The average Bonchev–Trinajstić information content (AvgIpc) is 3.06. The lowest BCUT2D eigenvalue weighted by Gasteiger charge is -2.33.